The van der Waals surface area contributed by atoms with Gasteiger partial charge >= 0.3 is 0 Å². The molecule has 2 aliphatic heterocycles. The van der Waals surface area contributed by atoms with E-state index in [1.165, 1.54) is 12.1 Å². The van der Waals surface area contributed by atoms with Crippen LogP contribution in [0.2, 0.25) is 5.15 Å². The zero-order valence-corrected chi connectivity index (χ0v) is 17.4. The molecule has 4 heterocycles. The number of hydrogen-bond donors (Lipinski definition) is 1. The molecule has 7 nitrogen and oxygen atoms in total. The first-order valence-electron chi connectivity index (χ1n) is 10.1. The Morgan fingerprint density at radius 2 is 1.90 bits per heavy atom. The number of rotatable bonds is 2. The van der Waals surface area contributed by atoms with Crippen LogP contribution in [0.4, 0.5) is 4.39 Å². The fourth-order valence-corrected chi connectivity index (χ4v) is 4.53. The third-order valence-electron chi connectivity index (χ3n) is 5.99. The molecule has 2 fully saturated rings. The number of carbonyl (C=O) groups is 2. The van der Waals surface area contributed by atoms with E-state index in [1.54, 1.807) is 9.80 Å². The Hall–Kier alpha value is -2.97. The number of morpholine rings is 1. The van der Waals surface area contributed by atoms with Gasteiger partial charge in [-0.05, 0) is 42.1 Å². The van der Waals surface area contributed by atoms with Crippen molar-refractivity contribution >= 4 is 34.3 Å². The predicted octanol–water partition coefficient (Wildman–Crippen LogP) is 3.11. The van der Waals surface area contributed by atoms with E-state index >= 15 is 0 Å². The van der Waals surface area contributed by atoms with Crippen LogP contribution in [-0.4, -0.2) is 70.0 Å². The van der Waals surface area contributed by atoms with E-state index in [0.717, 1.165) is 10.9 Å². The number of likely N-dealkylation sites (tertiary alicyclic amines) is 1. The Morgan fingerprint density at radius 1 is 1.10 bits per heavy atom. The Bertz CT molecular complexity index is 1180. The number of hydrogen-bond acceptors (Lipinski definition) is 4. The molecule has 2 aromatic heterocycles. The molecule has 1 unspecified atom stereocenters. The van der Waals surface area contributed by atoms with Crippen molar-refractivity contribution in [1.82, 2.24) is 19.8 Å². The van der Waals surface area contributed by atoms with Crippen molar-refractivity contribution in [3.05, 3.63) is 64.8 Å². The molecule has 0 radical (unpaired) electrons. The van der Waals surface area contributed by atoms with E-state index in [9.17, 15) is 14.0 Å². The number of H-pyrrole nitrogens is 1. The van der Waals surface area contributed by atoms with Gasteiger partial charge in [0.25, 0.3) is 11.8 Å². The van der Waals surface area contributed by atoms with Gasteiger partial charge in [0.15, 0.2) is 0 Å². The van der Waals surface area contributed by atoms with Gasteiger partial charge in [0.05, 0.1) is 25.3 Å². The van der Waals surface area contributed by atoms with E-state index in [-0.39, 0.29) is 23.2 Å². The molecule has 3 aromatic rings. The second-order valence-electron chi connectivity index (χ2n) is 7.99. The molecule has 1 N–H and O–H groups in total. The lowest BCUT2D eigenvalue weighted by Gasteiger charge is -2.40. The minimum Gasteiger partial charge on any atom is -0.369 e. The molecule has 2 amide bonds. The summed E-state index contributed by atoms with van der Waals surface area (Å²) in [7, 11) is 0. The Labute approximate surface area is 182 Å². The summed E-state index contributed by atoms with van der Waals surface area (Å²) in [5.74, 6) is -1.42. The summed E-state index contributed by atoms with van der Waals surface area (Å²) >= 11 is 5.68. The number of halogens is 2. The van der Waals surface area contributed by atoms with Crippen molar-refractivity contribution in [2.45, 2.75) is 12.0 Å². The second kappa shape index (κ2) is 7.62. The van der Waals surface area contributed by atoms with Crippen LogP contribution >= 0.6 is 11.6 Å². The zero-order valence-electron chi connectivity index (χ0n) is 16.6. The number of nitrogens with one attached hydrogen (secondary N) is 1. The molecule has 9 heteroatoms. The van der Waals surface area contributed by atoms with E-state index in [0.29, 0.717) is 38.2 Å². The van der Waals surface area contributed by atoms with E-state index in [1.807, 2.05) is 30.5 Å². The standard InChI is InChI=1S/C22H20ClFN4O3/c23-18-4-3-16(19(24)26-18)21(30)27-8-6-22(12-27)13-28(9-10-31-22)20(29)15-2-1-14-5-7-25-17(14)11-15/h1-5,7,11,25H,6,8-10,12-13H2. The van der Waals surface area contributed by atoms with Crippen LogP contribution < -0.4 is 0 Å². The van der Waals surface area contributed by atoms with Crippen LogP contribution in [0.25, 0.3) is 10.9 Å². The number of ether oxygens (including phenoxy) is 1. The molecule has 5 rings (SSSR count). The molecule has 1 aromatic carbocycles. The number of aromatic amines is 1. The summed E-state index contributed by atoms with van der Waals surface area (Å²) in [6.45, 7) is 1.94. The number of aromatic nitrogens is 2. The monoisotopic (exact) mass is 442 g/mol. The topological polar surface area (TPSA) is 78.5 Å². The smallest absolute Gasteiger partial charge is 0.258 e. The number of pyridine rings is 1. The van der Waals surface area contributed by atoms with Gasteiger partial charge in [-0.3, -0.25) is 9.59 Å². The van der Waals surface area contributed by atoms with Gasteiger partial charge in [0.1, 0.15) is 10.8 Å². The molecule has 0 bridgehead atoms. The van der Waals surface area contributed by atoms with Gasteiger partial charge in [-0.2, -0.15) is 4.39 Å². The average molecular weight is 443 g/mol. The first-order valence-corrected chi connectivity index (χ1v) is 10.4. The summed E-state index contributed by atoms with van der Waals surface area (Å²) in [5, 5.41) is 1.04. The first-order chi connectivity index (χ1) is 14.9. The molecular weight excluding hydrogens is 423 g/mol. The molecular formula is C22H20ClFN4O3. The molecule has 2 aliphatic rings. The summed E-state index contributed by atoms with van der Waals surface area (Å²) in [6.07, 6.45) is 2.41. The molecule has 2 saturated heterocycles. The van der Waals surface area contributed by atoms with Crippen LogP contribution in [0.15, 0.2) is 42.6 Å². The SMILES string of the molecule is O=C(c1ccc2cc[nH]c2c1)N1CCOC2(CCN(C(=O)c3ccc(Cl)nc3F)C2)C1. The van der Waals surface area contributed by atoms with E-state index in [4.69, 9.17) is 16.3 Å². The molecule has 1 spiro atoms. The van der Waals surface area contributed by atoms with Crippen molar-refractivity contribution in [2.75, 3.05) is 32.8 Å². The maximum atomic E-state index is 14.1. The van der Waals surface area contributed by atoms with Crippen LogP contribution in [0.1, 0.15) is 27.1 Å². The Balaban J connectivity index is 1.31. The van der Waals surface area contributed by atoms with E-state index in [2.05, 4.69) is 9.97 Å². The van der Waals surface area contributed by atoms with E-state index < -0.39 is 17.5 Å². The average Bonchev–Trinajstić information content (AvgIpc) is 3.39. The minimum atomic E-state index is -0.889. The van der Waals surface area contributed by atoms with Gasteiger partial charge in [-0.15, -0.1) is 0 Å². The minimum absolute atomic E-state index is 0.00533. The number of benzene rings is 1. The fourth-order valence-electron chi connectivity index (χ4n) is 4.39. The third-order valence-corrected chi connectivity index (χ3v) is 6.20. The highest BCUT2D eigenvalue weighted by atomic mass is 35.5. The molecule has 160 valence electrons. The van der Waals surface area contributed by atoms with Crippen molar-refractivity contribution in [2.24, 2.45) is 0 Å². The summed E-state index contributed by atoms with van der Waals surface area (Å²) < 4.78 is 20.1. The number of amides is 2. The number of carbonyl (C=O) groups excluding carboxylic acids is 2. The number of fused-ring (bicyclic) bond motifs is 1. The summed E-state index contributed by atoms with van der Waals surface area (Å²) in [6, 6.07) is 10.3. The second-order valence-corrected chi connectivity index (χ2v) is 8.37. The van der Waals surface area contributed by atoms with Gasteiger partial charge in [-0.1, -0.05) is 17.7 Å². The Morgan fingerprint density at radius 3 is 2.71 bits per heavy atom. The lowest BCUT2D eigenvalue weighted by molar-refractivity contribution is -0.0904. The van der Waals surface area contributed by atoms with Crippen molar-refractivity contribution in [3.63, 3.8) is 0 Å². The molecule has 31 heavy (non-hydrogen) atoms. The quantitative estimate of drug-likeness (QED) is 0.618. The van der Waals surface area contributed by atoms with Crippen LogP contribution in [-0.2, 0) is 4.74 Å². The van der Waals surface area contributed by atoms with Crippen molar-refractivity contribution in [3.8, 4) is 0 Å². The highest BCUT2D eigenvalue weighted by Gasteiger charge is 2.45. The van der Waals surface area contributed by atoms with Gasteiger partial charge < -0.3 is 19.5 Å². The van der Waals surface area contributed by atoms with Crippen LogP contribution in [0.3, 0.4) is 0 Å². The third kappa shape index (κ3) is 3.66. The number of nitrogens with zero attached hydrogens (tertiary/aromatic N) is 3. The van der Waals surface area contributed by atoms with Gasteiger partial charge in [0.2, 0.25) is 5.95 Å². The normalized spacial score (nSPS) is 21.2. The molecule has 0 aliphatic carbocycles. The lowest BCUT2D eigenvalue weighted by atomic mass is 9.99. The van der Waals surface area contributed by atoms with Crippen LogP contribution in [0, 0.1) is 5.95 Å². The first kappa shape index (κ1) is 20.0. The maximum absolute atomic E-state index is 14.1. The zero-order chi connectivity index (χ0) is 21.6. The lowest BCUT2D eigenvalue weighted by Crippen LogP contribution is -2.55. The van der Waals surface area contributed by atoms with Crippen molar-refractivity contribution < 1.29 is 18.7 Å². The highest BCUT2D eigenvalue weighted by molar-refractivity contribution is 6.29. The Kier molecular flexibility index (Phi) is 4.91. The molecule has 1 atom stereocenters. The predicted molar refractivity (Wildman–Crippen MR) is 113 cm³/mol. The largest absolute Gasteiger partial charge is 0.369 e. The summed E-state index contributed by atoms with van der Waals surface area (Å²) in [5.41, 5.74) is 0.734. The van der Waals surface area contributed by atoms with Gasteiger partial charge in [0, 0.05) is 30.4 Å². The van der Waals surface area contributed by atoms with Crippen LogP contribution in [0.5, 0.6) is 0 Å². The maximum Gasteiger partial charge on any atom is 0.258 e. The fraction of sp³-hybridized carbons (Fsp3) is 0.318. The van der Waals surface area contributed by atoms with Gasteiger partial charge in [-0.25, -0.2) is 4.98 Å². The molecule has 0 saturated carbocycles. The highest BCUT2D eigenvalue weighted by Crippen LogP contribution is 2.31. The summed E-state index contributed by atoms with van der Waals surface area (Å²) in [4.78, 5) is 35.9. The van der Waals surface area contributed by atoms with Crippen molar-refractivity contribution in [1.29, 1.82) is 0 Å².